The molecule has 1 atom stereocenters. The minimum absolute atomic E-state index is 0.0775. The predicted octanol–water partition coefficient (Wildman–Crippen LogP) is 4.27. The number of amides is 1. The Labute approximate surface area is 162 Å². The lowest BCUT2D eigenvalue weighted by molar-refractivity contribution is 0.0763. The van der Waals surface area contributed by atoms with Gasteiger partial charge in [0.2, 0.25) is 0 Å². The van der Waals surface area contributed by atoms with Crippen LogP contribution < -0.4 is 0 Å². The first-order valence-electron chi connectivity index (χ1n) is 8.99. The van der Waals surface area contributed by atoms with E-state index in [-0.39, 0.29) is 18.2 Å². The van der Waals surface area contributed by atoms with Crippen LogP contribution in [0.15, 0.2) is 49.1 Å². The van der Waals surface area contributed by atoms with Crippen molar-refractivity contribution in [3.8, 4) is 17.0 Å². The lowest BCUT2D eigenvalue weighted by Gasteiger charge is -2.25. The highest BCUT2D eigenvalue weighted by molar-refractivity contribution is 6.00. The van der Waals surface area contributed by atoms with Crippen LogP contribution in [0, 0.1) is 19.7 Å². The SMILES string of the molecule is C=CCN1C(=O)c2[nH]nc(-c3c(C)cc(C)cc3O)c2C1c1ccccc1F. The van der Waals surface area contributed by atoms with Crippen LogP contribution in [0.3, 0.4) is 0 Å². The van der Waals surface area contributed by atoms with Crippen molar-refractivity contribution < 1.29 is 14.3 Å². The van der Waals surface area contributed by atoms with Gasteiger partial charge in [0.15, 0.2) is 0 Å². The van der Waals surface area contributed by atoms with E-state index in [1.54, 1.807) is 35.2 Å². The van der Waals surface area contributed by atoms with E-state index in [1.165, 1.54) is 6.07 Å². The molecule has 4 rings (SSSR count). The number of halogens is 1. The minimum Gasteiger partial charge on any atom is -0.507 e. The zero-order valence-corrected chi connectivity index (χ0v) is 15.7. The average molecular weight is 377 g/mol. The molecule has 0 fully saturated rings. The lowest BCUT2D eigenvalue weighted by Crippen LogP contribution is -2.30. The molecule has 0 spiro atoms. The first-order valence-corrected chi connectivity index (χ1v) is 8.99. The van der Waals surface area contributed by atoms with Crippen LogP contribution in [-0.4, -0.2) is 32.7 Å². The van der Waals surface area contributed by atoms with E-state index in [0.717, 1.165) is 11.1 Å². The molecular formula is C22H20FN3O2. The summed E-state index contributed by atoms with van der Waals surface area (Å²) in [6.07, 6.45) is 1.61. The molecule has 0 bridgehead atoms. The summed E-state index contributed by atoms with van der Waals surface area (Å²) in [5.74, 6) is -0.598. The summed E-state index contributed by atoms with van der Waals surface area (Å²) in [4.78, 5) is 14.5. The smallest absolute Gasteiger partial charge is 0.273 e. The summed E-state index contributed by atoms with van der Waals surface area (Å²) in [5.41, 5.74) is 4.00. The van der Waals surface area contributed by atoms with E-state index in [2.05, 4.69) is 16.8 Å². The molecule has 1 unspecified atom stereocenters. The van der Waals surface area contributed by atoms with Crippen LogP contribution in [0.4, 0.5) is 4.39 Å². The predicted molar refractivity (Wildman–Crippen MR) is 105 cm³/mol. The van der Waals surface area contributed by atoms with Gasteiger partial charge in [-0.1, -0.05) is 30.3 Å². The molecular weight excluding hydrogens is 357 g/mol. The Morgan fingerprint density at radius 3 is 2.75 bits per heavy atom. The topological polar surface area (TPSA) is 69.2 Å². The maximum absolute atomic E-state index is 14.7. The second-order valence-electron chi connectivity index (χ2n) is 7.01. The number of rotatable bonds is 4. The number of hydrogen-bond donors (Lipinski definition) is 2. The van der Waals surface area contributed by atoms with Gasteiger partial charge in [-0.25, -0.2) is 4.39 Å². The average Bonchev–Trinajstić information content (AvgIpc) is 3.16. The van der Waals surface area contributed by atoms with Gasteiger partial charge in [-0.3, -0.25) is 9.89 Å². The van der Waals surface area contributed by atoms with Crippen molar-refractivity contribution in [1.29, 1.82) is 0 Å². The fourth-order valence-corrected chi connectivity index (χ4v) is 3.99. The van der Waals surface area contributed by atoms with Crippen molar-refractivity contribution in [1.82, 2.24) is 15.1 Å². The summed E-state index contributed by atoms with van der Waals surface area (Å²) in [6.45, 7) is 7.75. The molecule has 3 aromatic rings. The van der Waals surface area contributed by atoms with Crippen molar-refractivity contribution in [2.75, 3.05) is 6.54 Å². The van der Waals surface area contributed by atoms with Crippen LogP contribution in [0.2, 0.25) is 0 Å². The summed E-state index contributed by atoms with van der Waals surface area (Å²) < 4.78 is 14.7. The van der Waals surface area contributed by atoms with E-state index < -0.39 is 11.9 Å². The summed E-state index contributed by atoms with van der Waals surface area (Å²) >= 11 is 0. The molecule has 28 heavy (non-hydrogen) atoms. The molecule has 0 saturated heterocycles. The summed E-state index contributed by atoms with van der Waals surface area (Å²) in [5, 5.41) is 17.7. The number of nitrogens with zero attached hydrogens (tertiary/aromatic N) is 2. The van der Waals surface area contributed by atoms with Crippen LogP contribution in [0.1, 0.15) is 38.8 Å². The van der Waals surface area contributed by atoms with Crippen molar-refractivity contribution in [2.24, 2.45) is 0 Å². The van der Waals surface area contributed by atoms with Gasteiger partial charge < -0.3 is 10.0 Å². The van der Waals surface area contributed by atoms with Gasteiger partial charge in [-0.2, -0.15) is 5.10 Å². The number of nitrogens with one attached hydrogen (secondary N) is 1. The van der Waals surface area contributed by atoms with E-state index in [9.17, 15) is 14.3 Å². The quantitative estimate of drug-likeness (QED) is 0.667. The zero-order valence-electron chi connectivity index (χ0n) is 15.7. The van der Waals surface area contributed by atoms with Gasteiger partial charge in [-0.15, -0.1) is 6.58 Å². The molecule has 142 valence electrons. The number of carbonyl (C=O) groups excluding carboxylic acids is 1. The number of H-pyrrole nitrogens is 1. The highest BCUT2D eigenvalue weighted by Crippen LogP contribution is 2.45. The third-order valence-electron chi connectivity index (χ3n) is 5.09. The van der Waals surface area contributed by atoms with Crippen LogP contribution >= 0.6 is 0 Å². The van der Waals surface area contributed by atoms with Crippen LogP contribution in [0.25, 0.3) is 11.3 Å². The molecule has 1 aromatic heterocycles. The maximum atomic E-state index is 14.7. The Morgan fingerprint density at radius 1 is 1.32 bits per heavy atom. The van der Waals surface area contributed by atoms with Gasteiger partial charge in [0.1, 0.15) is 23.0 Å². The van der Waals surface area contributed by atoms with E-state index in [4.69, 9.17) is 0 Å². The Kier molecular flexibility index (Phi) is 4.26. The molecule has 2 heterocycles. The van der Waals surface area contributed by atoms with Gasteiger partial charge in [-0.05, 0) is 37.1 Å². The number of benzene rings is 2. The van der Waals surface area contributed by atoms with Gasteiger partial charge >= 0.3 is 0 Å². The minimum atomic E-state index is -0.657. The molecule has 1 aliphatic rings. The Hall–Kier alpha value is -3.41. The first-order chi connectivity index (χ1) is 13.4. The highest BCUT2D eigenvalue weighted by atomic mass is 19.1. The third kappa shape index (κ3) is 2.60. The second-order valence-corrected chi connectivity index (χ2v) is 7.01. The number of aromatic nitrogens is 2. The summed E-state index contributed by atoms with van der Waals surface area (Å²) in [7, 11) is 0. The Balaban J connectivity index is 1.99. The number of phenolic OH excluding ortho intramolecular Hbond substituents is 1. The Bertz CT molecular complexity index is 1080. The molecule has 0 aliphatic carbocycles. The molecule has 0 saturated carbocycles. The molecule has 1 amide bonds. The number of aromatic hydroxyl groups is 1. The summed E-state index contributed by atoms with van der Waals surface area (Å²) in [6, 6.07) is 9.32. The van der Waals surface area contributed by atoms with E-state index in [0.29, 0.717) is 28.1 Å². The van der Waals surface area contributed by atoms with E-state index >= 15 is 0 Å². The molecule has 0 radical (unpaired) electrons. The largest absolute Gasteiger partial charge is 0.507 e. The number of aryl methyl sites for hydroxylation is 2. The fourth-order valence-electron chi connectivity index (χ4n) is 3.99. The lowest BCUT2D eigenvalue weighted by atomic mass is 9.93. The van der Waals surface area contributed by atoms with Gasteiger partial charge in [0.25, 0.3) is 5.91 Å². The number of fused-ring (bicyclic) bond motifs is 1. The maximum Gasteiger partial charge on any atom is 0.273 e. The number of aromatic amines is 1. The second kappa shape index (κ2) is 6.64. The molecule has 2 aromatic carbocycles. The number of carbonyl (C=O) groups is 1. The first kappa shape index (κ1) is 18.0. The van der Waals surface area contributed by atoms with Crippen molar-refractivity contribution >= 4 is 5.91 Å². The molecule has 5 nitrogen and oxygen atoms in total. The molecule has 2 N–H and O–H groups in total. The fraction of sp³-hybridized carbons (Fsp3) is 0.182. The molecule has 6 heteroatoms. The Morgan fingerprint density at radius 2 is 2.07 bits per heavy atom. The third-order valence-corrected chi connectivity index (χ3v) is 5.09. The normalized spacial score (nSPS) is 15.8. The van der Waals surface area contributed by atoms with Gasteiger partial charge in [0, 0.05) is 23.2 Å². The number of phenols is 1. The van der Waals surface area contributed by atoms with Crippen molar-refractivity contribution in [3.63, 3.8) is 0 Å². The number of hydrogen-bond acceptors (Lipinski definition) is 3. The monoisotopic (exact) mass is 377 g/mol. The molecule has 1 aliphatic heterocycles. The van der Waals surface area contributed by atoms with Crippen LogP contribution in [-0.2, 0) is 0 Å². The van der Waals surface area contributed by atoms with Crippen LogP contribution in [0.5, 0.6) is 5.75 Å². The zero-order chi connectivity index (χ0) is 20.0. The van der Waals surface area contributed by atoms with Gasteiger partial charge in [0.05, 0.1) is 6.04 Å². The van der Waals surface area contributed by atoms with Crippen molar-refractivity contribution in [2.45, 2.75) is 19.9 Å². The highest BCUT2D eigenvalue weighted by Gasteiger charge is 2.43. The van der Waals surface area contributed by atoms with E-state index in [1.807, 2.05) is 19.9 Å². The van der Waals surface area contributed by atoms with Crippen molar-refractivity contribution in [3.05, 3.63) is 82.8 Å². The standard InChI is InChI=1S/C22H20FN3O2/c1-4-9-26-21(14-7-5-6-8-15(14)23)18-19(24-25-20(18)22(26)28)17-13(3)10-12(2)11-16(17)27/h4-8,10-11,21,27H,1,9H2,2-3H3,(H,24,25).